The van der Waals surface area contributed by atoms with Crippen molar-refractivity contribution < 1.29 is 9.90 Å². The molecule has 1 amide bonds. The maximum atomic E-state index is 11.9. The minimum atomic E-state index is 0.0840. The number of carbonyl (C=O) groups excluding carboxylic acids is 1. The molecule has 0 spiro atoms. The second-order valence-corrected chi connectivity index (χ2v) is 4.79. The third-order valence-electron chi connectivity index (χ3n) is 3.57. The molecule has 0 bridgehead atoms. The molecule has 0 saturated carbocycles. The van der Waals surface area contributed by atoms with Crippen molar-refractivity contribution in [2.75, 3.05) is 19.6 Å². The average molecular weight is 278 g/mol. The number of phenolic OH excluding ortho intramolecular Hbond substituents is 1. The quantitative estimate of drug-likeness (QED) is 0.768. The van der Waals surface area contributed by atoms with Crippen molar-refractivity contribution >= 4 is 5.91 Å². The van der Waals surface area contributed by atoms with Gasteiger partial charge < -0.3 is 15.3 Å². The number of amides is 1. The molecule has 1 aromatic rings. The molecule has 20 heavy (non-hydrogen) atoms. The third kappa shape index (κ3) is 4.53. The fourth-order valence-electron chi connectivity index (χ4n) is 2.34. The van der Waals surface area contributed by atoms with E-state index in [1.807, 2.05) is 36.9 Å². The molecule has 0 fully saturated rings. The van der Waals surface area contributed by atoms with Gasteiger partial charge in [-0.25, -0.2) is 0 Å². The maximum Gasteiger partial charge on any atom is 0.223 e. The van der Waals surface area contributed by atoms with Gasteiger partial charge in [-0.05, 0) is 26.3 Å². The van der Waals surface area contributed by atoms with E-state index in [1.165, 1.54) is 0 Å². The Morgan fingerprint density at radius 3 is 2.45 bits per heavy atom. The van der Waals surface area contributed by atoms with E-state index in [1.54, 1.807) is 6.07 Å². The second kappa shape index (κ2) is 8.59. The first kappa shape index (κ1) is 16.5. The summed E-state index contributed by atoms with van der Waals surface area (Å²) in [5, 5.41) is 13.2. The molecule has 0 aliphatic heterocycles. The van der Waals surface area contributed by atoms with Crippen LogP contribution >= 0.6 is 0 Å². The van der Waals surface area contributed by atoms with Gasteiger partial charge in [0.25, 0.3) is 0 Å². The SMILES string of the molecule is CCC(NCCC(=O)N(CC)CC)c1ccccc1O. The van der Waals surface area contributed by atoms with Gasteiger partial charge in [0.15, 0.2) is 0 Å². The topological polar surface area (TPSA) is 52.6 Å². The lowest BCUT2D eigenvalue weighted by atomic mass is 10.0. The Kier molecular flexibility index (Phi) is 7.09. The number of hydrogen-bond acceptors (Lipinski definition) is 3. The highest BCUT2D eigenvalue weighted by Crippen LogP contribution is 2.25. The normalized spacial score (nSPS) is 12.2. The van der Waals surface area contributed by atoms with Crippen molar-refractivity contribution in [2.24, 2.45) is 0 Å². The molecule has 112 valence electrons. The fraction of sp³-hybridized carbons (Fsp3) is 0.562. The number of aromatic hydroxyl groups is 1. The summed E-state index contributed by atoms with van der Waals surface area (Å²) in [6.45, 7) is 8.19. The predicted octanol–water partition coefficient (Wildman–Crippen LogP) is 2.69. The standard InChI is InChI=1S/C16H26N2O2/c1-4-14(13-9-7-8-10-15(13)19)17-12-11-16(20)18(5-2)6-3/h7-10,14,17,19H,4-6,11-12H2,1-3H3. The number of benzene rings is 1. The molecule has 1 unspecified atom stereocenters. The Bertz CT molecular complexity index is 417. The van der Waals surface area contributed by atoms with E-state index in [0.717, 1.165) is 25.1 Å². The number of hydrogen-bond donors (Lipinski definition) is 2. The number of phenols is 1. The maximum absolute atomic E-state index is 11.9. The molecule has 0 aliphatic carbocycles. The van der Waals surface area contributed by atoms with Crippen LogP contribution in [-0.2, 0) is 4.79 Å². The van der Waals surface area contributed by atoms with Gasteiger partial charge in [-0.3, -0.25) is 4.79 Å². The smallest absolute Gasteiger partial charge is 0.223 e. The summed E-state index contributed by atoms with van der Waals surface area (Å²) in [5.74, 6) is 0.483. The molecule has 0 heterocycles. The summed E-state index contributed by atoms with van der Waals surface area (Å²) in [6, 6.07) is 7.43. The first-order chi connectivity index (χ1) is 9.63. The molecule has 4 heteroatoms. The van der Waals surface area contributed by atoms with E-state index in [-0.39, 0.29) is 11.9 Å². The molecule has 4 nitrogen and oxygen atoms in total. The van der Waals surface area contributed by atoms with Gasteiger partial charge in [-0.15, -0.1) is 0 Å². The van der Waals surface area contributed by atoms with E-state index < -0.39 is 0 Å². The van der Waals surface area contributed by atoms with Crippen LogP contribution in [-0.4, -0.2) is 35.5 Å². The number of carbonyl (C=O) groups is 1. The molecular formula is C16H26N2O2. The summed E-state index contributed by atoms with van der Waals surface area (Å²) in [4.78, 5) is 13.8. The van der Waals surface area contributed by atoms with E-state index in [0.29, 0.717) is 18.7 Å². The molecule has 1 rings (SSSR count). The number of rotatable bonds is 8. The molecule has 0 radical (unpaired) electrons. The lowest BCUT2D eigenvalue weighted by molar-refractivity contribution is -0.130. The van der Waals surface area contributed by atoms with Gasteiger partial charge in [-0.1, -0.05) is 25.1 Å². The molecule has 0 aromatic heterocycles. The van der Waals surface area contributed by atoms with Crippen LogP contribution in [0.5, 0.6) is 5.75 Å². The van der Waals surface area contributed by atoms with Crippen molar-refractivity contribution in [3.8, 4) is 5.75 Å². The summed E-state index contributed by atoms with van der Waals surface area (Å²) < 4.78 is 0. The zero-order valence-electron chi connectivity index (χ0n) is 12.7. The van der Waals surface area contributed by atoms with Crippen LogP contribution in [0.15, 0.2) is 24.3 Å². The lowest BCUT2D eigenvalue weighted by Gasteiger charge is -2.21. The highest BCUT2D eigenvalue weighted by Gasteiger charge is 2.14. The first-order valence-electron chi connectivity index (χ1n) is 7.43. The Morgan fingerprint density at radius 1 is 1.25 bits per heavy atom. The molecule has 0 saturated heterocycles. The Balaban J connectivity index is 2.51. The zero-order valence-corrected chi connectivity index (χ0v) is 12.7. The monoisotopic (exact) mass is 278 g/mol. The first-order valence-corrected chi connectivity index (χ1v) is 7.43. The number of nitrogens with zero attached hydrogens (tertiary/aromatic N) is 1. The highest BCUT2D eigenvalue weighted by molar-refractivity contribution is 5.76. The van der Waals surface area contributed by atoms with E-state index in [9.17, 15) is 9.90 Å². The minimum absolute atomic E-state index is 0.0840. The molecule has 0 aliphatic rings. The summed E-state index contributed by atoms with van der Waals surface area (Å²) in [6.07, 6.45) is 1.36. The van der Waals surface area contributed by atoms with Gasteiger partial charge in [-0.2, -0.15) is 0 Å². The third-order valence-corrected chi connectivity index (χ3v) is 3.57. The molecule has 1 atom stereocenters. The number of para-hydroxylation sites is 1. The van der Waals surface area contributed by atoms with Crippen LogP contribution in [0.1, 0.15) is 45.2 Å². The van der Waals surface area contributed by atoms with Gasteiger partial charge in [0.1, 0.15) is 5.75 Å². The van der Waals surface area contributed by atoms with Crippen LogP contribution < -0.4 is 5.32 Å². The summed E-state index contributed by atoms with van der Waals surface area (Å²) in [7, 11) is 0. The lowest BCUT2D eigenvalue weighted by Crippen LogP contribution is -2.33. The molecule has 2 N–H and O–H groups in total. The fourth-order valence-corrected chi connectivity index (χ4v) is 2.34. The minimum Gasteiger partial charge on any atom is -0.508 e. The Morgan fingerprint density at radius 2 is 1.90 bits per heavy atom. The van der Waals surface area contributed by atoms with E-state index in [4.69, 9.17) is 0 Å². The zero-order chi connectivity index (χ0) is 15.0. The van der Waals surface area contributed by atoms with Crippen LogP contribution in [0.25, 0.3) is 0 Å². The molecule has 1 aromatic carbocycles. The van der Waals surface area contributed by atoms with Crippen molar-refractivity contribution in [2.45, 2.75) is 39.7 Å². The molecular weight excluding hydrogens is 252 g/mol. The van der Waals surface area contributed by atoms with E-state index in [2.05, 4.69) is 12.2 Å². The summed E-state index contributed by atoms with van der Waals surface area (Å²) >= 11 is 0. The van der Waals surface area contributed by atoms with Crippen LogP contribution in [0.4, 0.5) is 0 Å². The van der Waals surface area contributed by atoms with Crippen molar-refractivity contribution in [3.63, 3.8) is 0 Å². The second-order valence-electron chi connectivity index (χ2n) is 4.79. The van der Waals surface area contributed by atoms with Gasteiger partial charge in [0.05, 0.1) is 0 Å². The van der Waals surface area contributed by atoms with E-state index >= 15 is 0 Å². The van der Waals surface area contributed by atoms with Crippen LogP contribution in [0.3, 0.4) is 0 Å². The van der Waals surface area contributed by atoms with Gasteiger partial charge in [0.2, 0.25) is 5.91 Å². The van der Waals surface area contributed by atoms with Gasteiger partial charge >= 0.3 is 0 Å². The average Bonchev–Trinajstić information content (AvgIpc) is 2.46. The number of nitrogens with one attached hydrogen (secondary N) is 1. The Hall–Kier alpha value is -1.55. The van der Waals surface area contributed by atoms with Gasteiger partial charge in [0, 0.05) is 37.7 Å². The highest BCUT2D eigenvalue weighted by atomic mass is 16.3. The van der Waals surface area contributed by atoms with Crippen LogP contribution in [0.2, 0.25) is 0 Å². The van der Waals surface area contributed by atoms with Crippen molar-refractivity contribution in [3.05, 3.63) is 29.8 Å². The van der Waals surface area contributed by atoms with Crippen molar-refractivity contribution in [1.82, 2.24) is 10.2 Å². The predicted molar refractivity (Wildman–Crippen MR) is 81.7 cm³/mol. The van der Waals surface area contributed by atoms with Crippen LogP contribution in [0, 0.1) is 0 Å². The summed E-state index contributed by atoms with van der Waals surface area (Å²) in [5.41, 5.74) is 0.894. The van der Waals surface area contributed by atoms with Crippen molar-refractivity contribution in [1.29, 1.82) is 0 Å². The largest absolute Gasteiger partial charge is 0.508 e. The Labute approximate surface area is 121 Å².